The molecule has 0 spiro atoms. The Bertz CT molecular complexity index is 457. The molecule has 0 aliphatic carbocycles. The molecule has 0 saturated carbocycles. The van der Waals surface area contributed by atoms with Crippen LogP contribution in [0.25, 0.3) is 0 Å². The van der Waals surface area contributed by atoms with E-state index in [0.717, 1.165) is 0 Å². The summed E-state index contributed by atoms with van der Waals surface area (Å²) in [4.78, 5) is 34.5. The summed E-state index contributed by atoms with van der Waals surface area (Å²) in [5.41, 5.74) is 4.91. The second-order valence-electron chi connectivity index (χ2n) is 3.95. The lowest BCUT2D eigenvalue weighted by atomic mass is 10.2. The Morgan fingerprint density at radius 2 is 2.21 bits per heavy atom. The third-order valence-electron chi connectivity index (χ3n) is 2.32. The Morgan fingerprint density at radius 3 is 2.68 bits per heavy atom. The summed E-state index contributed by atoms with van der Waals surface area (Å²) in [6.45, 7) is 0.182. The second kappa shape index (κ2) is 6.43. The Hall–Kier alpha value is -2.51. The number of hydrogen-bond donors (Lipinski definition) is 3. The monoisotopic (exact) mass is 269 g/mol. The van der Waals surface area contributed by atoms with Crippen LogP contribution in [-0.2, 0) is 16.1 Å². The van der Waals surface area contributed by atoms with Gasteiger partial charge in [0.1, 0.15) is 11.8 Å². The van der Waals surface area contributed by atoms with Crippen molar-refractivity contribution in [1.29, 1.82) is 0 Å². The number of carbonyl (C=O) groups excluding carboxylic acids is 2. The van der Waals surface area contributed by atoms with Crippen LogP contribution in [0.4, 0.5) is 4.79 Å². The van der Waals surface area contributed by atoms with Crippen molar-refractivity contribution in [2.24, 2.45) is 5.73 Å². The molecule has 4 N–H and O–H groups in total. The van der Waals surface area contributed by atoms with Crippen LogP contribution in [0.15, 0.2) is 22.8 Å². The molecule has 1 aromatic heterocycles. The van der Waals surface area contributed by atoms with Crippen LogP contribution in [0, 0.1) is 0 Å². The van der Waals surface area contributed by atoms with Crippen molar-refractivity contribution in [3.05, 3.63) is 24.2 Å². The summed E-state index contributed by atoms with van der Waals surface area (Å²) in [7, 11) is 1.47. The first kappa shape index (κ1) is 14.6. The highest BCUT2D eigenvalue weighted by Crippen LogP contribution is 2.04. The molecule has 8 nitrogen and oxygen atoms in total. The standard InChI is InChI=1S/C11H15N3O5/c1-14(6-7-3-2-4-19-7)11(18)13-8(10(16)17)5-9(12)15/h2-4,8H,5-6H2,1H3,(H2,12,15)(H,13,18)(H,16,17)/t8-/m0/s1. The molecule has 0 aliphatic heterocycles. The van der Waals surface area contributed by atoms with Crippen LogP contribution in [0.2, 0.25) is 0 Å². The van der Waals surface area contributed by atoms with Crippen molar-refractivity contribution >= 4 is 17.9 Å². The van der Waals surface area contributed by atoms with E-state index >= 15 is 0 Å². The van der Waals surface area contributed by atoms with Gasteiger partial charge in [0.25, 0.3) is 0 Å². The van der Waals surface area contributed by atoms with Crippen LogP contribution in [0.3, 0.4) is 0 Å². The third-order valence-corrected chi connectivity index (χ3v) is 2.32. The first-order valence-electron chi connectivity index (χ1n) is 5.45. The highest BCUT2D eigenvalue weighted by atomic mass is 16.4. The number of carboxylic acids is 1. The predicted octanol–water partition coefficient (Wildman–Crippen LogP) is -0.250. The summed E-state index contributed by atoms with van der Waals surface area (Å²) in [5.74, 6) is -1.57. The van der Waals surface area contributed by atoms with Crippen molar-refractivity contribution in [2.45, 2.75) is 19.0 Å². The van der Waals surface area contributed by atoms with Gasteiger partial charge in [-0.15, -0.1) is 0 Å². The maximum atomic E-state index is 11.7. The third kappa shape index (κ3) is 4.70. The molecule has 3 amide bonds. The molecule has 1 rings (SSSR count). The van der Waals surface area contributed by atoms with Gasteiger partial charge in [-0.1, -0.05) is 0 Å². The van der Waals surface area contributed by atoms with Gasteiger partial charge < -0.3 is 25.5 Å². The number of carboxylic acid groups (broad SMARTS) is 1. The number of hydrogen-bond acceptors (Lipinski definition) is 4. The largest absolute Gasteiger partial charge is 0.480 e. The number of rotatable bonds is 6. The summed E-state index contributed by atoms with van der Waals surface area (Å²) in [5, 5.41) is 11.1. The molecule has 0 aliphatic rings. The zero-order valence-electron chi connectivity index (χ0n) is 10.3. The molecule has 0 bridgehead atoms. The SMILES string of the molecule is CN(Cc1ccco1)C(=O)N[C@@H](CC(N)=O)C(=O)O. The topological polar surface area (TPSA) is 126 Å². The average Bonchev–Trinajstić information content (AvgIpc) is 2.79. The van der Waals surface area contributed by atoms with Gasteiger partial charge in [0.15, 0.2) is 0 Å². The van der Waals surface area contributed by atoms with E-state index in [2.05, 4.69) is 5.32 Å². The fourth-order valence-electron chi connectivity index (χ4n) is 1.37. The summed E-state index contributed by atoms with van der Waals surface area (Å²) >= 11 is 0. The quantitative estimate of drug-likeness (QED) is 0.656. The van der Waals surface area contributed by atoms with Crippen molar-refractivity contribution in [3.63, 3.8) is 0 Å². The number of primary amides is 1. The Labute approximate surface area is 109 Å². The van der Waals surface area contributed by atoms with Gasteiger partial charge in [0.05, 0.1) is 19.2 Å². The maximum Gasteiger partial charge on any atom is 0.326 e. The van der Waals surface area contributed by atoms with Crippen LogP contribution in [-0.4, -0.2) is 41.0 Å². The first-order chi connectivity index (χ1) is 8.90. The van der Waals surface area contributed by atoms with E-state index in [0.29, 0.717) is 5.76 Å². The number of nitrogens with one attached hydrogen (secondary N) is 1. The number of amides is 3. The van der Waals surface area contributed by atoms with Crippen LogP contribution in [0.1, 0.15) is 12.2 Å². The molecular formula is C11H15N3O5. The van der Waals surface area contributed by atoms with Crippen LogP contribution < -0.4 is 11.1 Å². The molecule has 0 fully saturated rings. The molecule has 0 saturated heterocycles. The van der Waals surface area contributed by atoms with E-state index in [1.54, 1.807) is 12.1 Å². The number of nitrogens with two attached hydrogens (primary N) is 1. The minimum Gasteiger partial charge on any atom is -0.480 e. The summed E-state index contributed by atoms with van der Waals surface area (Å²) in [6, 6.07) is 1.38. The van der Waals surface area contributed by atoms with Crippen LogP contribution >= 0.6 is 0 Å². The van der Waals surface area contributed by atoms with Crippen molar-refractivity contribution in [3.8, 4) is 0 Å². The van der Waals surface area contributed by atoms with Gasteiger partial charge in [-0.25, -0.2) is 9.59 Å². The molecule has 1 heterocycles. The van der Waals surface area contributed by atoms with Crippen molar-refractivity contribution in [1.82, 2.24) is 10.2 Å². The number of urea groups is 1. The highest BCUT2D eigenvalue weighted by Gasteiger charge is 2.23. The minimum absolute atomic E-state index is 0.182. The smallest absolute Gasteiger partial charge is 0.326 e. The molecule has 1 aromatic rings. The fourth-order valence-corrected chi connectivity index (χ4v) is 1.37. The van der Waals surface area contributed by atoms with Gasteiger partial charge in [0.2, 0.25) is 5.91 Å². The highest BCUT2D eigenvalue weighted by molar-refractivity contribution is 5.87. The predicted molar refractivity (Wildman–Crippen MR) is 63.9 cm³/mol. The van der Waals surface area contributed by atoms with Crippen molar-refractivity contribution < 1.29 is 23.9 Å². The minimum atomic E-state index is -1.34. The molecule has 0 aromatic carbocycles. The Balaban J connectivity index is 2.56. The zero-order valence-corrected chi connectivity index (χ0v) is 10.3. The van der Waals surface area contributed by atoms with E-state index in [4.69, 9.17) is 15.3 Å². The lowest BCUT2D eigenvalue weighted by molar-refractivity contribution is -0.140. The number of aliphatic carboxylic acids is 1. The Morgan fingerprint density at radius 1 is 1.53 bits per heavy atom. The van der Waals surface area contributed by atoms with Gasteiger partial charge in [-0.05, 0) is 12.1 Å². The molecule has 19 heavy (non-hydrogen) atoms. The molecule has 104 valence electrons. The molecular weight excluding hydrogens is 254 g/mol. The van der Waals surface area contributed by atoms with E-state index < -0.39 is 30.4 Å². The summed E-state index contributed by atoms with van der Waals surface area (Å²) < 4.78 is 5.06. The van der Waals surface area contributed by atoms with Gasteiger partial charge in [0, 0.05) is 7.05 Å². The number of furan rings is 1. The Kier molecular flexibility index (Phi) is 4.92. The van der Waals surface area contributed by atoms with Crippen molar-refractivity contribution in [2.75, 3.05) is 7.05 Å². The zero-order chi connectivity index (χ0) is 14.4. The molecule has 8 heteroatoms. The first-order valence-corrected chi connectivity index (χ1v) is 5.45. The average molecular weight is 269 g/mol. The van der Waals surface area contributed by atoms with Crippen LogP contribution in [0.5, 0.6) is 0 Å². The molecule has 0 radical (unpaired) electrons. The van der Waals surface area contributed by atoms with Gasteiger partial charge in [-0.3, -0.25) is 4.79 Å². The lowest BCUT2D eigenvalue weighted by Gasteiger charge is -2.19. The lowest BCUT2D eigenvalue weighted by Crippen LogP contribution is -2.47. The number of nitrogens with zero attached hydrogens (tertiary/aromatic N) is 1. The maximum absolute atomic E-state index is 11.7. The fraction of sp³-hybridized carbons (Fsp3) is 0.364. The molecule has 1 atom stereocenters. The van der Waals surface area contributed by atoms with E-state index in [-0.39, 0.29) is 6.54 Å². The van der Waals surface area contributed by atoms with E-state index in [1.165, 1.54) is 18.2 Å². The summed E-state index contributed by atoms with van der Waals surface area (Å²) in [6.07, 6.45) is 1.00. The normalized spacial score (nSPS) is 11.6. The van der Waals surface area contributed by atoms with Gasteiger partial charge >= 0.3 is 12.0 Å². The van der Waals surface area contributed by atoms with E-state index in [1.807, 2.05) is 0 Å². The number of carbonyl (C=O) groups is 3. The molecule has 0 unspecified atom stereocenters. The second-order valence-corrected chi connectivity index (χ2v) is 3.95. The van der Waals surface area contributed by atoms with E-state index in [9.17, 15) is 14.4 Å². The van der Waals surface area contributed by atoms with Gasteiger partial charge in [-0.2, -0.15) is 0 Å².